The van der Waals surface area contributed by atoms with E-state index < -0.39 is 0 Å². The minimum absolute atomic E-state index is 0.135. The molecule has 0 fully saturated rings. The molecule has 1 unspecified atom stereocenters. The van der Waals surface area contributed by atoms with Crippen molar-refractivity contribution in [1.29, 1.82) is 0 Å². The summed E-state index contributed by atoms with van der Waals surface area (Å²) in [7, 11) is 4.25. The van der Waals surface area contributed by atoms with Crippen LogP contribution in [-0.2, 0) is 0 Å². The van der Waals surface area contributed by atoms with E-state index in [1.807, 2.05) is 0 Å². The van der Waals surface area contributed by atoms with Gasteiger partial charge in [0.05, 0.1) is 3.55 Å². The summed E-state index contributed by atoms with van der Waals surface area (Å²) in [6.07, 6.45) is 7.89. The molecule has 1 aliphatic rings. The summed E-state index contributed by atoms with van der Waals surface area (Å²) in [5.41, 5.74) is 2.63. The molecule has 1 aromatic carbocycles. The summed E-state index contributed by atoms with van der Waals surface area (Å²) in [5, 5.41) is 0. The van der Waals surface area contributed by atoms with Crippen molar-refractivity contribution in [2.24, 2.45) is 0 Å². The van der Waals surface area contributed by atoms with Gasteiger partial charge >= 0.3 is 0 Å². The Morgan fingerprint density at radius 2 is 1.88 bits per heavy atom. The molecule has 1 atom stereocenters. The lowest BCUT2D eigenvalue weighted by atomic mass is 9.97. The maximum Gasteiger partial charge on any atom is 0.0948 e. The molecule has 0 radical (unpaired) electrons. The van der Waals surface area contributed by atoms with Crippen LogP contribution in [0.15, 0.2) is 48.6 Å². The van der Waals surface area contributed by atoms with Crippen LogP contribution in [0.2, 0.25) is 0 Å². The monoisotopic (exact) mass is 325 g/mol. The SMILES string of the molecule is CN(C)C1(I)C=CC(c2ccccc2)=CC1. The fraction of sp³-hybridized carbons (Fsp3) is 0.286. The van der Waals surface area contributed by atoms with Crippen molar-refractivity contribution in [3.8, 4) is 0 Å². The van der Waals surface area contributed by atoms with Crippen LogP contribution in [0.5, 0.6) is 0 Å². The Morgan fingerprint density at radius 3 is 2.38 bits per heavy atom. The van der Waals surface area contributed by atoms with Crippen molar-refractivity contribution < 1.29 is 0 Å². The van der Waals surface area contributed by atoms with E-state index in [1.54, 1.807) is 0 Å². The predicted molar refractivity (Wildman–Crippen MR) is 78.6 cm³/mol. The van der Waals surface area contributed by atoms with E-state index >= 15 is 0 Å². The molecule has 84 valence electrons. The van der Waals surface area contributed by atoms with Crippen molar-refractivity contribution in [1.82, 2.24) is 4.90 Å². The molecule has 1 aromatic rings. The summed E-state index contributed by atoms with van der Waals surface area (Å²) < 4.78 is 0.135. The molecule has 0 N–H and O–H groups in total. The second-order valence-electron chi connectivity index (χ2n) is 4.28. The van der Waals surface area contributed by atoms with Crippen molar-refractivity contribution in [3.05, 3.63) is 54.1 Å². The Bertz CT molecular complexity index is 420. The standard InChI is InChI=1S/C14H16IN/c1-16(2)14(15)10-8-13(9-11-14)12-6-4-3-5-7-12/h3-10H,11H2,1-2H3. The van der Waals surface area contributed by atoms with Crippen molar-refractivity contribution in [2.45, 2.75) is 9.97 Å². The van der Waals surface area contributed by atoms with E-state index in [1.165, 1.54) is 11.1 Å². The summed E-state index contributed by atoms with van der Waals surface area (Å²) in [5.74, 6) is 0. The average molecular weight is 325 g/mol. The van der Waals surface area contributed by atoms with Gasteiger partial charge < -0.3 is 0 Å². The fourth-order valence-electron chi connectivity index (χ4n) is 1.78. The smallest absolute Gasteiger partial charge is 0.0948 e. The number of hydrogen-bond donors (Lipinski definition) is 0. The lowest BCUT2D eigenvalue weighted by Gasteiger charge is -2.33. The number of halogens is 1. The van der Waals surface area contributed by atoms with Crippen molar-refractivity contribution >= 4 is 28.2 Å². The molecule has 0 spiro atoms. The van der Waals surface area contributed by atoms with Crippen LogP contribution in [0.3, 0.4) is 0 Å². The highest BCUT2D eigenvalue weighted by Crippen LogP contribution is 2.34. The van der Waals surface area contributed by atoms with Crippen LogP contribution < -0.4 is 0 Å². The quantitative estimate of drug-likeness (QED) is 0.455. The summed E-state index contributed by atoms with van der Waals surface area (Å²) in [6, 6.07) is 10.5. The highest BCUT2D eigenvalue weighted by atomic mass is 127. The molecule has 0 amide bonds. The lowest BCUT2D eigenvalue weighted by Crippen LogP contribution is -2.36. The second-order valence-corrected chi connectivity index (χ2v) is 6.14. The number of benzene rings is 1. The third-order valence-corrected chi connectivity index (χ3v) is 4.74. The van der Waals surface area contributed by atoms with Gasteiger partial charge in [0.1, 0.15) is 0 Å². The van der Waals surface area contributed by atoms with E-state index in [0.29, 0.717) is 0 Å². The largest absolute Gasteiger partial charge is 0.292 e. The Morgan fingerprint density at radius 1 is 1.19 bits per heavy atom. The first-order chi connectivity index (χ1) is 7.62. The molecule has 0 saturated heterocycles. The van der Waals surface area contributed by atoms with E-state index in [9.17, 15) is 0 Å². The molecular formula is C14H16IN. The van der Waals surface area contributed by atoms with Gasteiger partial charge in [-0.3, -0.25) is 4.90 Å². The maximum atomic E-state index is 2.50. The topological polar surface area (TPSA) is 3.24 Å². The Labute approximate surface area is 111 Å². The average Bonchev–Trinajstić information content (AvgIpc) is 2.31. The summed E-state index contributed by atoms with van der Waals surface area (Å²) in [4.78, 5) is 2.25. The molecule has 16 heavy (non-hydrogen) atoms. The molecule has 0 aliphatic heterocycles. The first kappa shape index (κ1) is 11.9. The molecular weight excluding hydrogens is 309 g/mol. The number of rotatable bonds is 2. The van der Waals surface area contributed by atoms with Crippen LogP contribution >= 0.6 is 22.6 Å². The number of nitrogens with zero attached hydrogens (tertiary/aromatic N) is 1. The van der Waals surface area contributed by atoms with Crippen molar-refractivity contribution in [2.75, 3.05) is 14.1 Å². The van der Waals surface area contributed by atoms with Gasteiger partial charge in [-0.05, 0) is 31.7 Å². The zero-order valence-electron chi connectivity index (χ0n) is 9.65. The van der Waals surface area contributed by atoms with E-state index in [4.69, 9.17) is 0 Å². The van der Waals surface area contributed by atoms with Gasteiger partial charge in [0.2, 0.25) is 0 Å². The zero-order valence-corrected chi connectivity index (χ0v) is 11.8. The molecule has 0 bridgehead atoms. The molecule has 0 aromatic heterocycles. The van der Waals surface area contributed by atoms with E-state index in [-0.39, 0.29) is 3.55 Å². The van der Waals surface area contributed by atoms with Gasteiger partial charge in [-0.1, -0.05) is 71.2 Å². The third-order valence-electron chi connectivity index (χ3n) is 2.98. The first-order valence-electron chi connectivity index (χ1n) is 5.43. The third kappa shape index (κ3) is 2.38. The fourth-order valence-corrected chi connectivity index (χ4v) is 2.18. The molecule has 1 nitrogen and oxygen atoms in total. The minimum Gasteiger partial charge on any atom is -0.292 e. The van der Waals surface area contributed by atoms with Crippen LogP contribution in [-0.4, -0.2) is 22.5 Å². The molecule has 2 rings (SSSR count). The molecule has 2 heteroatoms. The molecule has 1 aliphatic carbocycles. The van der Waals surface area contributed by atoms with Crippen LogP contribution in [0.4, 0.5) is 0 Å². The van der Waals surface area contributed by atoms with E-state index in [2.05, 4.69) is 90.1 Å². The van der Waals surface area contributed by atoms with Gasteiger partial charge in [-0.25, -0.2) is 0 Å². The second kappa shape index (κ2) is 4.72. The predicted octanol–water partition coefficient (Wildman–Crippen LogP) is 3.72. The highest BCUT2D eigenvalue weighted by molar-refractivity contribution is 14.1. The van der Waals surface area contributed by atoms with Crippen molar-refractivity contribution in [3.63, 3.8) is 0 Å². The van der Waals surface area contributed by atoms with Crippen LogP contribution in [0.1, 0.15) is 12.0 Å². The molecule has 0 saturated carbocycles. The number of likely N-dealkylation sites (N-methyl/N-ethyl adjacent to an activating group) is 1. The van der Waals surface area contributed by atoms with Gasteiger partial charge in [0.25, 0.3) is 0 Å². The van der Waals surface area contributed by atoms with Crippen LogP contribution in [0, 0.1) is 0 Å². The van der Waals surface area contributed by atoms with Gasteiger partial charge in [0.15, 0.2) is 0 Å². The maximum absolute atomic E-state index is 2.50. The minimum atomic E-state index is 0.135. The number of hydrogen-bond acceptors (Lipinski definition) is 1. The first-order valence-corrected chi connectivity index (χ1v) is 6.51. The number of allylic oxidation sites excluding steroid dienone is 2. The summed E-state index contributed by atoms with van der Waals surface area (Å²) in [6.45, 7) is 0. The highest BCUT2D eigenvalue weighted by Gasteiger charge is 2.26. The summed E-state index contributed by atoms with van der Waals surface area (Å²) >= 11 is 2.50. The Kier molecular flexibility index (Phi) is 3.50. The van der Waals surface area contributed by atoms with Gasteiger partial charge in [0, 0.05) is 0 Å². The van der Waals surface area contributed by atoms with Gasteiger partial charge in [-0.2, -0.15) is 0 Å². The molecule has 0 heterocycles. The van der Waals surface area contributed by atoms with Gasteiger partial charge in [-0.15, -0.1) is 0 Å². The Balaban J connectivity index is 2.20. The lowest BCUT2D eigenvalue weighted by molar-refractivity contribution is 0.327. The zero-order chi connectivity index (χ0) is 11.6. The Hall–Kier alpha value is -0.610. The van der Waals surface area contributed by atoms with E-state index in [0.717, 1.165) is 6.42 Å². The van der Waals surface area contributed by atoms with Crippen LogP contribution in [0.25, 0.3) is 5.57 Å². The normalized spacial score (nSPS) is 24.6. The number of alkyl halides is 1.